The lowest BCUT2D eigenvalue weighted by Gasteiger charge is -2.06. The third-order valence-electron chi connectivity index (χ3n) is 1.21. The molecule has 0 saturated heterocycles. The van der Waals surface area contributed by atoms with Crippen LogP contribution in [0.4, 0.5) is 0 Å². The Labute approximate surface area is 65.8 Å². The number of hydrogen-bond donors (Lipinski definition) is 0. The van der Waals surface area contributed by atoms with Crippen molar-refractivity contribution in [3.8, 4) is 5.95 Å². The van der Waals surface area contributed by atoms with E-state index in [2.05, 4.69) is 13.2 Å². The molecule has 0 fully saturated rings. The van der Waals surface area contributed by atoms with Crippen molar-refractivity contribution in [1.29, 1.82) is 0 Å². The van der Waals surface area contributed by atoms with Gasteiger partial charge in [-0.25, -0.2) is 0 Å². The zero-order valence-corrected chi connectivity index (χ0v) is 6.19. The quantitative estimate of drug-likeness (QED) is 0.615. The topological polar surface area (TPSA) is 22.4 Å². The highest BCUT2D eigenvalue weighted by Gasteiger charge is 2.01. The Morgan fingerprint density at radius 1 is 1.45 bits per heavy atom. The summed E-state index contributed by atoms with van der Waals surface area (Å²) in [6.07, 6.45) is 4.67. The van der Waals surface area contributed by atoms with Crippen molar-refractivity contribution in [2.24, 2.45) is 0 Å². The first-order chi connectivity index (χ1) is 5.36. The van der Waals surface area contributed by atoms with Gasteiger partial charge in [0.25, 0.3) is 5.95 Å². The standard InChI is InChI=1S/C9H10O2/c1-3-8(4-2)11-9-6-5-7-10-9/h3-8H,1-2H2. The van der Waals surface area contributed by atoms with Crippen LogP contribution >= 0.6 is 0 Å². The van der Waals surface area contributed by atoms with Crippen LogP contribution in [0.3, 0.4) is 0 Å². The predicted octanol–water partition coefficient (Wildman–Crippen LogP) is 2.40. The van der Waals surface area contributed by atoms with Gasteiger partial charge < -0.3 is 9.15 Å². The Hall–Kier alpha value is -1.44. The Balaban J connectivity index is 2.54. The van der Waals surface area contributed by atoms with E-state index >= 15 is 0 Å². The van der Waals surface area contributed by atoms with Gasteiger partial charge in [0, 0.05) is 6.07 Å². The van der Waals surface area contributed by atoms with E-state index in [4.69, 9.17) is 9.15 Å². The second-order valence-electron chi connectivity index (χ2n) is 1.99. The maximum Gasteiger partial charge on any atom is 0.285 e. The van der Waals surface area contributed by atoms with Crippen LogP contribution in [0.5, 0.6) is 5.95 Å². The molecule has 0 unspecified atom stereocenters. The van der Waals surface area contributed by atoms with Gasteiger partial charge in [0.1, 0.15) is 6.10 Å². The molecule has 1 heterocycles. The maximum absolute atomic E-state index is 5.25. The highest BCUT2D eigenvalue weighted by atomic mass is 16.6. The van der Waals surface area contributed by atoms with E-state index < -0.39 is 0 Å². The molecule has 0 atom stereocenters. The van der Waals surface area contributed by atoms with Crippen molar-refractivity contribution in [2.75, 3.05) is 0 Å². The second kappa shape index (κ2) is 3.66. The molecule has 0 amide bonds. The summed E-state index contributed by atoms with van der Waals surface area (Å²) in [5.41, 5.74) is 0. The van der Waals surface area contributed by atoms with Gasteiger partial charge in [0.15, 0.2) is 0 Å². The molecule has 0 aliphatic carbocycles. The highest BCUT2D eigenvalue weighted by molar-refractivity contribution is 5.08. The normalized spacial score (nSPS) is 9.55. The third-order valence-corrected chi connectivity index (χ3v) is 1.21. The van der Waals surface area contributed by atoms with Crippen molar-refractivity contribution in [3.63, 3.8) is 0 Å². The fourth-order valence-electron chi connectivity index (χ4n) is 0.657. The van der Waals surface area contributed by atoms with Crippen LogP contribution in [0.25, 0.3) is 0 Å². The maximum atomic E-state index is 5.25. The third kappa shape index (κ3) is 2.00. The number of furan rings is 1. The number of hydrogen-bond acceptors (Lipinski definition) is 2. The fraction of sp³-hybridized carbons (Fsp3) is 0.111. The minimum Gasteiger partial charge on any atom is -0.453 e. The molecule has 0 N–H and O–H groups in total. The average molecular weight is 150 g/mol. The fourth-order valence-corrected chi connectivity index (χ4v) is 0.657. The van der Waals surface area contributed by atoms with Gasteiger partial charge in [-0.15, -0.1) is 0 Å². The predicted molar refractivity (Wildman–Crippen MR) is 43.5 cm³/mol. The molecule has 58 valence electrons. The smallest absolute Gasteiger partial charge is 0.285 e. The molecular formula is C9H10O2. The van der Waals surface area contributed by atoms with Gasteiger partial charge >= 0.3 is 0 Å². The summed E-state index contributed by atoms with van der Waals surface area (Å²) < 4.78 is 10.2. The minimum atomic E-state index is -0.179. The summed E-state index contributed by atoms with van der Waals surface area (Å²) in [7, 11) is 0. The van der Waals surface area contributed by atoms with Gasteiger partial charge in [-0.05, 0) is 18.2 Å². The van der Waals surface area contributed by atoms with Gasteiger partial charge in [0.2, 0.25) is 0 Å². The highest BCUT2D eigenvalue weighted by Crippen LogP contribution is 2.12. The van der Waals surface area contributed by atoms with E-state index in [9.17, 15) is 0 Å². The molecule has 0 aromatic carbocycles. The first kappa shape index (κ1) is 7.66. The van der Waals surface area contributed by atoms with E-state index in [1.54, 1.807) is 30.5 Å². The summed E-state index contributed by atoms with van der Waals surface area (Å²) in [6.45, 7) is 7.15. The van der Waals surface area contributed by atoms with Crippen LogP contribution in [0.15, 0.2) is 48.1 Å². The van der Waals surface area contributed by atoms with Gasteiger partial charge in [-0.1, -0.05) is 13.2 Å². The number of rotatable bonds is 4. The van der Waals surface area contributed by atoms with E-state index in [-0.39, 0.29) is 6.10 Å². The zero-order chi connectivity index (χ0) is 8.10. The van der Waals surface area contributed by atoms with Gasteiger partial charge in [-0.3, -0.25) is 0 Å². The molecular weight excluding hydrogens is 140 g/mol. The largest absolute Gasteiger partial charge is 0.453 e. The molecule has 0 aliphatic heterocycles. The van der Waals surface area contributed by atoms with Crippen LogP contribution in [0.1, 0.15) is 0 Å². The van der Waals surface area contributed by atoms with Crippen molar-refractivity contribution in [3.05, 3.63) is 43.7 Å². The molecule has 1 aromatic rings. The summed E-state index contributed by atoms with van der Waals surface area (Å²) >= 11 is 0. The zero-order valence-electron chi connectivity index (χ0n) is 6.19. The molecule has 2 nitrogen and oxygen atoms in total. The Kier molecular flexibility index (Phi) is 2.55. The summed E-state index contributed by atoms with van der Waals surface area (Å²) in [6, 6.07) is 3.50. The molecule has 0 radical (unpaired) electrons. The Bertz CT molecular complexity index is 216. The first-order valence-corrected chi connectivity index (χ1v) is 3.32. The van der Waals surface area contributed by atoms with Crippen LogP contribution in [-0.2, 0) is 0 Å². The molecule has 1 aromatic heterocycles. The van der Waals surface area contributed by atoms with Gasteiger partial charge in [-0.2, -0.15) is 0 Å². The Morgan fingerprint density at radius 2 is 2.18 bits per heavy atom. The van der Waals surface area contributed by atoms with Crippen molar-refractivity contribution < 1.29 is 9.15 Å². The summed E-state index contributed by atoms with van der Waals surface area (Å²) in [5, 5.41) is 0. The van der Waals surface area contributed by atoms with E-state index in [0.29, 0.717) is 5.95 Å². The number of ether oxygens (including phenoxy) is 1. The van der Waals surface area contributed by atoms with Crippen LogP contribution in [-0.4, -0.2) is 6.10 Å². The molecule has 0 bridgehead atoms. The monoisotopic (exact) mass is 150 g/mol. The van der Waals surface area contributed by atoms with E-state index in [0.717, 1.165) is 0 Å². The molecule has 0 saturated carbocycles. The average Bonchev–Trinajstić information content (AvgIpc) is 2.52. The SMILES string of the molecule is C=CC(C=C)Oc1ccco1. The van der Waals surface area contributed by atoms with Crippen molar-refractivity contribution in [2.45, 2.75) is 6.10 Å². The van der Waals surface area contributed by atoms with Crippen LogP contribution in [0.2, 0.25) is 0 Å². The van der Waals surface area contributed by atoms with Gasteiger partial charge in [0.05, 0.1) is 6.26 Å². The minimum absolute atomic E-state index is 0.179. The lowest BCUT2D eigenvalue weighted by molar-refractivity contribution is 0.226. The van der Waals surface area contributed by atoms with E-state index in [1.807, 2.05) is 0 Å². The van der Waals surface area contributed by atoms with Crippen LogP contribution < -0.4 is 4.74 Å². The lowest BCUT2D eigenvalue weighted by atomic mass is 10.3. The molecule has 0 aliphatic rings. The molecule has 11 heavy (non-hydrogen) atoms. The van der Waals surface area contributed by atoms with E-state index in [1.165, 1.54) is 0 Å². The summed E-state index contributed by atoms with van der Waals surface area (Å²) in [5.74, 6) is 0.481. The lowest BCUT2D eigenvalue weighted by Crippen LogP contribution is -2.07. The molecule has 0 spiro atoms. The molecule has 2 heteroatoms. The van der Waals surface area contributed by atoms with Crippen LogP contribution in [0, 0.1) is 0 Å². The van der Waals surface area contributed by atoms with Crippen molar-refractivity contribution in [1.82, 2.24) is 0 Å². The molecule has 1 rings (SSSR count). The first-order valence-electron chi connectivity index (χ1n) is 3.32. The summed E-state index contributed by atoms with van der Waals surface area (Å²) in [4.78, 5) is 0. The Morgan fingerprint density at radius 3 is 2.64 bits per heavy atom. The second-order valence-corrected chi connectivity index (χ2v) is 1.99. The van der Waals surface area contributed by atoms with Crippen molar-refractivity contribution >= 4 is 0 Å².